The quantitative estimate of drug-likeness (QED) is 0.612. The zero-order chi connectivity index (χ0) is 22.5. The number of anilines is 2. The Morgan fingerprint density at radius 3 is 2.41 bits per heavy atom. The van der Waals surface area contributed by atoms with E-state index in [1.54, 1.807) is 0 Å². The molecule has 166 valence electrons. The Bertz CT molecular complexity index is 1060. The summed E-state index contributed by atoms with van der Waals surface area (Å²) >= 11 is 0. The van der Waals surface area contributed by atoms with Crippen LogP contribution in [0.25, 0.3) is 11.1 Å². The number of carbonyl (C=O) groups excluding carboxylic acids is 1. The number of primary amides is 1. The number of pyridine rings is 1. The van der Waals surface area contributed by atoms with Crippen LogP contribution in [0.3, 0.4) is 0 Å². The highest BCUT2D eigenvalue weighted by Crippen LogP contribution is 2.23. The Kier molecular flexibility index (Phi) is 6.61. The van der Waals surface area contributed by atoms with E-state index in [2.05, 4.69) is 43.8 Å². The van der Waals surface area contributed by atoms with Crippen molar-refractivity contribution in [1.29, 1.82) is 0 Å². The lowest BCUT2D eigenvalue weighted by Gasteiger charge is -2.36. The van der Waals surface area contributed by atoms with Gasteiger partial charge in [0.05, 0.1) is 6.54 Å². The molecular weight excluding hydrogens is 402 g/mol. The molecule has 1 fully saturated rings. The summed E-state index contributed by atoms with van der Waals surface area (Å²) < 4.78 is 0. The number of nitrogens with zero attached hydrogens (tertiary/aromatic N) is 6. The van der Waals surface area contributed by atoms with Gasteiger partial charge in [0, 0.05) is 56.9 Å². The third-order valence-corrected chi connectivity index (χ3v) is 5.62. The molecule has 3 aromatic rings. The van der Waals surface area contributed by atoms with Gasteiger partial charge in [-0.25, -0.2) is 15.0 Å². The van der Waals surface area contributed by atoms with Crippen molar-refractivity contribution in [2.24, 2.45) is 5.73 Å². The number of nitrogens with two attached hydrogens (primary N) is 1. The first-order valence-electron chi connectivity index (χ1n) is 10.8. The van der Waals surface area contributed by atoms with Crippen molar-refractivity contribution in [2.75, 3.05) is 49.6 Å². The van der Waals surface area contributed by atoms with Gasteiger partial charge in [-0.15, -0.1) is 0 Å². The van der Waals surface area contributed by atoms with E-state index >= 15 is 0 Å². The van der Waals surface area contributed by atoms with Crippen LogP contribution >= 0.6 is 0 Å². The van der Waals surface area contributed by atoms with Crippen LogP contribution in [-0.4, -0.2) is 65.5 Å². The monoisotopic (exact) mass is 431 g/mol. The van der Waals surface area contributed by atoms with Gasteiger partial charge in [0.2, 0.25) is 11.9 Å². The standard InChI is InChI=1S/C24H29N7O/c1-18-5-4-8-26-23(18)30-9-11-31(12-10-30)24-27-14-21(15-28-24)20-7-3-6-19(13-20)16-29(2)17-22(25)32/h3-8,13-15H,9-12,16-17H2,1-2H3,(H2,25,32). The lowest BCUT2D eigenvalue weighted by atomic mass is 10.1. The highest BCUT2D eigenvalue weighted by Gasteiger charge is 2.21. The number of carbonyl (C=O) groups is 1. The largest absolute Gasteiger partial charge is 0.369 e. The van der Waals surface area contributed by atoms with Gasteiger partial charge >= 0.3 is 0 Å². The van der Waals surface area contributed by atoms with Crippen molar-refractivity contribution in [3.63, 3.8) is 0 Å². The Labute approximate surface area is 188 Å². The molecule has 8 heteroatoms. The zero-order valence-electron chi connectivity index (χ0n) is 18.6. The average molecular weight is 432 g/mol. The van der Waals surface area contributed by atoms with E-state index in [1.807, 2.05) is 54.8 Å². The fourth-order valence-electron chi connectivity index (χ4n) is 4.04. The Morgan fingerprint density at radius 1 is 1.00 bits per heavy atom. The molecule has 1 saturated heterocycles. The van der Waals surface area contributed by atoms with Gasteiger partial charge in [-0.05, 0) is 42.8 Å². The van der Waals surface area contributed by atoms with Gasteiger partial charge in [0.15, 0.2) is 0 Å². The molecule has 2 N–H and O–H groups in total. The molecule has 0 bridgehead atoms. The fourth-order valence-corrected chi connectivity index (χ4v) is 4.04. The van der Waals surface area contributed by atoms with E-state index in [4.69, 9.17) is 5.73 Å². The molecule has 0 aliphatic carbocycles. The van der Waals surface area contributed by atoms with E-state index in [1.165, 1.54) is 5.56 Å². The Morgan fingerprint density at radius 2 is 1.72 bits per heavy atom. The van der Waals surface area contributed by atoms with Gasteiger partial charge < -0.3 is 15.5 Å². The fraction of sp³-hybridized carbons (Fsp3) is 0.333. The maximum atomic E-state index is 11.1. The summed E-state index contributed by atoms with van der Waals surface area (Å²) in [5.41, 5.74) is 9.61. The highest BCUT2D eigenvalue weighted by atomic mass is 16.1. The Balaban J connectivity index is 1.39. The second-order valence-electron chi connectivity index (χ2n) is 8.23. The van der Waals surface area contributed by atoms with Crippen LogP contribution in [0.5, 0.6) is 0 Å². The minimum atomic E-state index is -0.330. The van der Waals surface area contributed by atoms with Crippen LogP contribution in [-0.2, 0) is 11.3 Å². The Hall–Kier alpha value is -3.52. The summed E-state index contributed by atoms with van der Waals surface area (Å²) in [7, 11) is 1.88. The maximum Gasteiger partial charge on any atom is 0.231 e. The average Bonchev–Trinajstić information content (AvgIpc) is 2.79. The first-order chi connectivity index (χ1) is 15.5. The molecule has 1 aliphatic heterocycles. The molecule has 0 saturated carbocycles. The predicted octanol–water partition coefficient (Wildman–Crippen LogP) is 2.09. The molecule has 0 atom stereocenters. The number of hydrogen-bond acceptors (Lipinski definition) is 7. The molecule has 0 radical (unpaired) electrons. The summed E-state index contributed by atoms with van der Waals surface area (Å²) in [6, 6.07) is 12.3. The molecule has 8 nitrogen and oxygen atoms in total. The third kappa shape index (κ3) is 5.20. The predicted molar refractivity (Wildman–Crippen MR) is 126 cm³/mol. The molecule has 2 aromatic heterocycles. The number of aryl methyl sites for hydroxylation is 1. The second kappa shape index (κ2) is 9.74. The van der Waals surface area contributed by atoms with Crippen molar-refractivity contribution in [3.8, 4) is 11.1 Å². The zero-order valence-corrected chi connectivity index (χ0v) is 18.6. The maximum absolute atomic E-state index is 11.1. The summed E-state index contributed by atoms with van der Waals surface area (Å²) in [6.07, 6.45) is 5.61. The van der Waals surface area contributed by atoms with Gasteiger partial charge in [0.25, 0.3) is 0 Å². The van der Waals surface area contributed by atoms with Crippen LogP contribution in [0, 0.1) is 6.92 Å². The van der Waals surface area contributed by atoms with E-state index < -0.39 is 0 Å². The van der Waals surface area contributed by atoms with Gasteiger partial charge in [-0.2, -0.15) is 0 Å². The van der Waals surface area contributed by atoms with Gasteiger partial charge in [-0.3, -0.25) is 9.69 Å². The first-order valence-corrected chi connectivity index (χ1v) is 10.8. The van der Waals surface area contributed by atoms with E-state index in [0.29, 0.717) is 6.54 Å². The second-order valence-corrected chi connectivity index (χ2v) is 8.23. The number of benzene rings is 1. The number of hydrogen-bond donors (Lipinski definition) is 1. The topological polar surface area (TPSA) is 91.5 Å². The molecule has 1 aliphatic rings. The van der Waals surface area contributed by atoms with Gasteiger partial charge in [-0.1, -0.05) is 24.3 Å². The van der Waals surface area contributed by atoms with Crippen LogP contribution < -0.4 is 15.5 Å². The van der Waals surface area contributed by atoms with E-state index in [0.717, 1.165) is 54.6 Å². The highest BCUT2D eigenvalue weighted by molar-refractivity contribution is 5.75. The lowest BCUT2D eigenvalue weighted by Crippen LogP contribution is -2.47. The summed E-state index contributed by atoms with van der Waals surface area (Å²) in [5, 5.41) is 0. The van der Waals surface area contributed by atoms with Crippen molar-refractivity contribution >= 4 is 17.7 Å². The molecule has 0 spiro atoms. The molecule has 3 heterocycles. The minimum Gasteiger partial charge on any atom is -0.369 e. The third-order valence-electron chi connectivity index (χ3n) is 5.62. The van der Waals surface area contributed by atoms with E-state index in [-0.39, 0.29) is 12.5 Å². The minimum absolute atomic E-state index is 0.231. The van der Waals surface area contributed by atoms with Gasteiger partial charge in [0.1, 0.15) is 5.82 Å². The normalized spacial score (nSPS) is 14.1. The molecule has 1 aromatic carbocycles. The molecular formula is C24H29N7O. The van der Waals surface area contributed by atoms with Crippen LogP contribution in [0.4, 0.5) is 11.8 Å². The lowest BCUT2D eigenvalue weighted by molar-refractivity contribution is -0.118. The van der Waals surface area contributed by atoms with Crippen molar-refractivity contribution in [2.45, 2.75) is 13.5 Å². The van der Waals surface area contributed by atoms with Crippen LogP contribution in [0.15, 0.2) is 55.0 Å². The van der Waals surface area contributed by atoms with Crippen LogP contribution in [0.2, 0.25) is 0 Å². The molecule has 4 rings (SSSR count). The number of amides is 1. The molecule has 32 heavy (non-hydrogen) atoms. The number of likely N-dealkylation sites (N-methyl/N-ethyl adjacent to an activating group) is 1. The SMILES string of the molecule is Cc1cccnc1N1CCN(c2ncc(-c3cccc(CN(C)CC(N)=O)c3)cn2)CC1. The molecule has 0 unspecified atom stereocenters. The summed E-state index contributed by atoms with van der Waals surface area (Å²) in [4.78, 5) is 31.3. The number of aromatic nitrogens is 3. The number of piperazine rings is 1. The molecule has 1 amide bonds. The summed E-state index contributed by atoms with van der Waals surface area (Å²) in [6.45, 7) is 6.48. The van der Waals surface area contributed by atoms with Crippen molar-refractivity contribution in [1.82, 2.24) is 19.9 Å². The summed E-state index contributed by atoms with van der Waals surface area (Å²) in [5.74, 6) is 1.48. The first kappa shape index (κ1) is 21.7. The van der Waals surface area contributed by atoms with Crippen molar-refractivity contribution < 1.29 is 4.79 Å². The van der Waals surface area contributed by atoms with Crippen LogP contribution in [0.1, 0.15) is 11.1 Å². The van der Waals surface area contributed by atoms with E-state index in [9.17, 15) is 4.79 Å². The van der Waals surface area contributed by atoms with Crippen molar-refractivity contribution in [3.05, 3.63) is 66.1 Å². The number of rotatable bonds is 7. The smallest absolute Gasteiger partial charge is 0.231 e.